The van der Waals surface area contributed by atoms with Gasteiger partial charge in [-0.05, 0) is 31.5 Å². The third kappa shape index (κ3) is 2.67. The number of nitrogens with zero attached hydrogens (tertiary/aromatic N) is 1. The Kier molecular flexibility index (Phi) is 4.39. The zero-order valence-electron chi connectivity index (χ0n) is 11.6. The second-order valence-corrected chi connectivity index (χ2v) is 4.71. The summed E-state index contributed by atoms with van der Waals surface area (Å²) < 4.78 is 18.8. The van der Waals surface area contributed by atoms with Gasteiger partial charge in [0.15, 0.2) is 5.76 Å². The van der Waals surface area contributed by atoms with Crippen LogP contribution in [0.2, 0.25) is 0 Å². The fourth-order valence-corrected chi connectivity index (χ4v) is 2.25. The number of furan rings is 1. The van der Waals surface area contributed by atoms with Crippen LogP contribution in [0.5, 0.6) is 0 Å². The highest BCUT2D eigenvalue weighted by atomic mass is 19.1. The first-order chi connectivity index (χ1) is 9.58. The molecule has 1 heterocycles. The number of benzene rings is 1. The van der Waals surface area contributed by atoms with Crippen molar-refractivity contribution in [2.45, 2.75) is 20.3 Å². The predicted molar refractivity (Wildman–Crippen MR) is 74.2 cm³/mol. The smallest absolute Gasteiger partial charge is 0.289 e. The van der Waals surface area contributed by atoms with Crippen LogP contribution in [0.4, 0.5) is 4.39 Å². The van der Waals surface area contributed by atoms with Crippen LogP contribution in [0.15, 0.2) is 22.6 Å². The van der Waals surface area contributed by atoms with Gasteiger partial charge in [0.05, 0.1) is 6.61 Å². The number of rotatable bonds is 5. The Morgan fingerprint density at radius 2 is 2.15 bits per heavy atom. The van der Waals surface area contributed by atoms with Gasteiger partial charge < -0.3 is 14.4 Å². The first-order valence-corrected chi connectivity index (χ1v) is 6.67. The van der Waals surface area contributed by atoms with Crippen LogP contribution in [0, 0.1) is 12.7 Å². The highest BCUT2D eigenvalue weighted by Crippen LogP contribution is 2.27. The summed E-state index contributed by atoms with van der Waals surface area (Å²) in [5, 5.41) is 9.64. The molecule has 1 amide bonds. The second-order valence-electron chi connectivity index (χ2n) is 4.71. The Hall–Kier alpha value is -1.88. The van der Waals surface area contributed by atoms with Crippen molar-refractivity contribution in [1.29, 1.82) is 0 Å². The Morgan fingerprint density at radius 3 is 2.80 bits per heavy atom. The van der Waals surface area contributed by atoms with Gasteiger partial charge in [-0.15, -0.1) is 0 Å². The Balaban J connectivity index is 2.40. The highest BCUT2D eigenvalue weighted by Gasteiger charge is 2.22. The van der Waals surface area contributed by atoms with E-state index in [0.717, 1.165) is 6.42 Å². The number of hydrogen-bond donors (Lipinski definition) is 1. The van der Waals surface area contributed by atoms with Crippen LogP contribution in [0.3, 0.4) is 0 Å². The predicted octanol–water partition coefficient (Wildman–Crippen LogP) is 2.72. The van der Waals surface area contributed by atoms with Gasteiger partial charge in [-0.2, -0.15) is 0 Å². The molecular formula is C15H18FNO3. The summed E-state index contributed by atoms with van der Waals surface area (Å²) in [6.45, 7) is 4.40. The van der Waals surface area contributed by atoms with Gasteiger partial charge >= 0.3 is 0 Å². The number of aliphatic hydroxyl groups is 1. The molecule has 20 heavy (non-hydrogen) atoms. The molecule has 0 aliphatic heterocycles. The topological polar surface area (TPSA) is 53.7 Å². The number of halogens is 1. The molecule has 0 atom stereocenters. The number of carbonyl (C=O) groups is 1. The Morgan fingerprint density at radius 1 is 1.40 bits per heavy atom. The van der Waals surface area contributed by atoms with Crippen molar-refractivity contribution in [2.24, 2.45) is 0 Å². The van der Waals surface area contributed by atoms with E-state index in [9.17, 15) is 9.18 Å². The van der Waals surface area contributed by atoms with Crippen LogP contribution in [-0.4, -0.2) is 35.6 Å². The molecule has 5 heteroatoms. The molecule has 0 saturated heterocycles. The fourth-order valence-electron chi connectivity index (χ4n) is 2.25. The van der Waals surface area contributed by atoms with Gasteiger partial charge in [0, 0.05) is 24.0 Å². The lowest BCUT2D eigenvalue weighted by Crippen LogP contribution is -2.34. The van der Waals surface area contributed by atoms with Crippen LogP contribution in [0.1, 0.15) is 29.5 Å². The van der Waals surface area contributed by atoms with E-state index in [1.54, 1.807) is 11.8 Å². The van der Waals surface area contributed by atoms with E-state index in [1.165, 1.54) is 18.2 Å². The van der Waals surface area contributed by atoms with E-state index in [-0.39, 0.29) is 30.6 Å². The maximum absolute atomic E-state index is 13.3. The number of hydrogen-bond acceptors (Lipinski definition) is 3. The minimum atomic E-state index is -0.360. The minimum Gasteiger partial charge on any atom is -0.451 e. The molecule has 0 aliphatic rings. The van der Waals surface area contributed by atoms with Crippen LogP contribution in [-0.2, 0) is 0 Å². The molecule has 4 nitrogen and oxygen atoms in total. The normalized spacial score (nSPS) is 11.0. The maximum Gasteiger partial charge on any atom is 0.289 e. The molecule has 0 fully saturated rings. The molecule has 0 spiro atoms. The molecule has 0 radical (unpaired) electrons. The van der Waals surface area contributed by atoms with E-state index in [0.29, 0.717) is 23.1 Å². The summed E-state index contributed by atoms with van der Waals surface area (Å²) in [6.07, 6.45) is 0.791. The molecule has 0 saturated carbocycles. The van der Waals surface area contributed by atoms with E-state index in [2.05, 4.69) is 0 Å². The third-order valence-electron chi connectivity index (χ3n) is 3.24. The first-order valence-electron chi connectivity index (χ1n) is 6.67. The average Bonchev–Trinajstić information content (AvgIpc) is 2.75. The SMILES string of the molecule is CCCN(CCO)C(=O)c1oc2ccc(F)cc2c1C. The Labute approximate surface area is 116 Å². The fraction of sp³-hybridized carbons (Fsp3) is 0.400. The van der Waals surface area contributed by atoms with Crippen molar-refractivity contribution in [2.75, 3.05) is 19.7 Å². The molecule has 1 aromatic carbocycles. The minimum absolute atomic E-state index is 0.0976. The lowest BCUT2D eigenvalue weighted by Gasteiger charge is -2.19. The van der Waals surface area contributed by atoms with Crippen LogP contribution in [0.25, 0.3) is 11.0 Å². The molecule has 108 valence electrons. The molecule has 2 rings (SSSR count). The quantitative estimate of drug-likeness (QED) is 0.915. The second kappa shape index (κ2) is 6.05. The third-order valence-corrected chi connectivity index (χ3v) is 3.24. The monoisotopic (exact) mass is 279 g/mol. The largest absolute Gasteiger partial charge is 0.451 e. The van der Waals surface area contributed by atoms with E-state index >= 15 is 0 Å². The van der Waals surface area contributed by atoms with Crippen LogP contribution < -0.4 is 0 Å². The number of amides is 1. The molecule has 0 aliphatic carbocycles. The van der Waals surface area contributed by atoms with E-state index in [4.69, 9.17) is 9.52 Å². The lowest BCUT2D eigenvalue weighted by atomic mass is 10.1. The molecule has 1 aromatic heterocycles. The maximum atomic E-state index is 13.3. The zero-order chi connectivity index (χ0) is 14.7. The molecular weight excluding hydrogens is 261 g/mol. The van der Waals surface area contributed by atoms with Crippen molar-refractivity contribution in [3.05, 3.63) is 35.3 Å². The molecule has 2 aromatic rings. The van der Waals surface area contributed by atoms with Crippen molar-refractivity contribution in [3.8, 4) is 0 Å². The van der Waals surface area contributed by atoms with Gasteiger partial charge in [-0.1, -0.05) is 6.92 Å². The first kappa shape index (κ1) is 14.5. The molecule has 1 N–H and O–H groups in total. The lowest BCUT2D eigenvalue weighted by molar-refractivity contribution is 0.0691. The summed E-state index contributed by atoms with van der Waals surface area (Å²) in [5.41, 5.74) is 1.12. The summed E-state index contributed by atoms with van der Waals surface area (Å²) in [7, 11) is 0. The number of aliphatic hydroxyl groups excluding tert-OH is 1. The standard InChI is InChI=1S/C15H18FNO3/c1-3-6-17(7-8-18)15(19)14-10(2)12-9-11(16)4-5-13(12)20-14/h4-5,9,18H,3,6-8H2,1-2H3. The summed E-state index contributed by atoms with van der Waals surface area (Å²) in [6, 6.07) is 4.18. The van der Waals surface area contributed by atoms with Gasteiger partial charge in [-0.3, -0.25) is 4.79 Å². The summed E-state index contributed by atoms with van der Waals surface area (Å²) in [4.78, 5) is 14.0. The van der Waals surface area contributed by atoms with Crippen molar-refractivity contribution in [1.82, 2.24) is 4.90 Å². The zero-order valence-corrected chi connectivity index (χ0v) is 11.6. The van der Waals surface area contributed by atoms with Crippen molar-refractivity contribution in [3.63, 3.8) is 0 Å². The number of aryl methyl sites for hydroxylation is 1. The van der Waals surface area contributed by atoms with Crippen molar-refractivity contribution < 1.29 is 18.7 Å². The highest BCUT2D eigenvalue weighted by molar-refractivity contribution is 5.98. The van der Waals surface area contributed by atoms with E-state index < -0.39 is 0 Å². The van der Waals surface area contributed by atoms with E-state index in [1.807, 2.05) is 6.92 Å². The number of carbonyl (C=O) groups excluding carboxylic acids is 1. The summed E-state index contributed by atoms with van der Waals surface area (Å²) in [5.74, 6) is -0.413. The average molecular weight is 279 g/mol. The van der Waals surface area contributed by atoms with Crippen LogP contribution >= 0.6 is 0 Å². The van der Waals surface area contributed by atoms with Gasteiger partial charge in [0.2, 0.25) is 0 Å². The number of fused-ring (bicyclic) bond motifs is 1. The molecule has 0 bridgehead atoms. The van der Waals surface area contributed by atoms with Gasteiger partial charge in [0.1, 0.15) is 11.4 Å². The van der Waals surface area contributed by atoms with Gasteiger partial charge in [-0.25, -0.2) is 4.39 Å². The van der Waals surface area contributed by atoms with Gasteiger partial charge in [0.25, 0.3) is 5.91 Å². The van der Waals surface area contributed by atoms with Crippen molar-refractivity contribution >= 4 is 16.9 Å². The summed E-state index contributed by atoms with van der Waals surface area (Å²) >= 11 is 0. The Bertz CT molecular complexity index is 615. The molecule has 0 unspecified atom stereocenters.